The number of pyridine rings is 1. The Bertz CT molecular complexity index is 2170. The summed E-state index contributed by atoms with van der Waals surface area (Å²) >= 11 is 6.69. The van der Waals surface area contributed by atoms with Crippen LogP contribution in [-0.2, 0) is 34.6 Å². The average molecular weight is 754 g/mol. The molecule has 0 saturated carbocycles. The number of fused-ring (bicyclic) bond motifs is 2. The fourth-order valence-electron chi connectivity index (χ4n) is 8.43. The zero-order valence-corrected chi connectivity index (χ0v) is 32.3. The Hall–Kier alpha value is -4.75. The summed E-state index contributed by atoms with van der Waals surface area (Å²) in [6.45, 7) is 7.71. The highest BCUT2D eigenvalue weighted by atomic mass is 35.5. The predicted molar refractivity (Wildman–Crippen MR) is 206 cm³/mol. The van der Waals surface area contributed by atoms with Crippen LogP contribution in [0.15, 0.2) is 96.1 Å². The van der Waals surface area contributed by atoms with Crippen molar-refractivity contribution in [3.05, 3.63) is 123 Å². The molecule has 4 heterocycles. The molecule has 1 fully saturated rings. The van der Waals surface area contributed by atoms with Gasteiger partial charge in [0.25, 0.3) is 11.5 Å². The van der Waals surface area contributed by atoms with E-state index in [9.17, 15) is 9.90 Å². The second-order valence-electron chi connectivity index (χ2n) is 14.4. The number of ether oxygens (including phenoxy) is 3. The van der Waals surface area contributed by atoms with E-state index in [0.717, 1.165) is 28.3 Å². The number of carbonyl (C=O) groups is 1. The van der Waals surface area contributed by atoms with Crippen molar-refractivity contribution in [1.29, 1.82) is 0 Å². The molecule has 5 aromatic rings. The van der Waals surface area contributed by atoms with Crippen LogP contribution in [0.4, 0.5) is 5.69 Å². The first-order chi connectivity index (χ1) is 25.5. The molecular formula is C40H44ClN5O6Si. The Morgan fingerprint density at radius 3 is 2.45 bits per heavy atom. The minimum absolute atomic E-state index is 0.00119. The molecule has 53 heavy (non-hydrogen) atoms. The lowest BCUT2D eigenvalue weighted by Gasteiger charge is -2.37. The number of benzene rings is 3. The number of nitrogens with zero attached hydrogens (tertiary/aromatic N) is 5. The van der Waals surface area contributed by atoms with Crippen LogP contribution >= 0.6 is 11.6 Å². The van der Waals surface area contributed by atoms with Crippen LogP contribution < -0.4 is 25.1 Å². The van der Waals surface area contributed by atoms with Gasteiger partial charge < -0.3 is 24.2 Å². The van der Waals surface area contributed by atoms with Crippen molar-refractivity contribution in [3.63, 3.8) is 0 Å². The quantitative estimate of drug-likeness (QED) is 0.166. The molecule has 0 unspecified atom stereocenters. The number of hydrogen-bond donors (Lipinski definition) is 1. The third-order valence-electron chi connectivity index (χ3n) is 11.1. The van der Waals surface area contributed by atoms with E-state index in [1.54, 1.807) is 30.1 Å². The van der Waals surface area contributed by atoms with E-state index in [2.05, 4.69) is 42.5 Å². The maximum Gasteiger partial charge on any atom is 0.297 e. The predicted octanol–water partition coefficient (Wildman–Crippen LogP) is 5.49. The van der Waals surface area contributed by atoms with Crippen molar-refractivity contribution in [3.8, 4) is 17.2 Å². The Balaban J connectivity index is 1.25. The number of aliphatic hydroxyl groups excluding tert-OH is 1. The van der Waals surface area contributed by atoms with Crippen LogP contribution in [0.5, 0.6) is 11.5 Å². The van der Waals surface area contributed by atoms with Gasteiger partial charge in [-0.25, -0.2) is 0 Å². The second kappa shape index (κ2) is 14.6. The monoisotopic (exact) mass is 753 g/mol. The third-order valence-corrected chi connectivity index (χ3v) is 15.7. The number of amides is 1. The van der Waals surface area contributed by atoms with Crippen LogP contribution in [0.1, 0.15) is 30.2 Å². The molecule has 2 aliphatic heterocycles. The summed E-state index contributed by atoms with van der Waals surface area (Å²) in [4.78, 5) is 29.8. The van der Waals surface area contributed by atoms with Crippen molar-refractivity contribution in [1.82, 2.24) is 19.6 Å². The molecule has 1 saturated heterocycles. The fourth-order valence-corrected chi connectivity index (χ4v) is 12.7. The summed E-state index contributed by atoms with van der Waals surface area (Å²) in [6.07, 6.45) is 4.32. The van der Waals surface area contributed by atoms with Crippen LogP contribution in [0, 0.1) is 5.92 Å². The van der Waals surface area contributed by atoms with Crippen LogP contribution in [0.2, 0.25) is 23.7 Å². The summed E-state index contributed by atoms with van der Waals surface area (Å²) in [5, 5.41) is 19.7. The largest absolute Gasteiger partial charge is 0.497 e. The van der Waals surface area contributed by atoms with Gasteiger partial charge in [-0.05, 0) is 72.1 Å². The van der Waals surface area contributed by atoms with E-state index < -0.39 is 13.7 Å². The second-order valence-corrected chi connectivity index (χ2v) is 19.5. The van der Waals surface area contributed by atoms with Crippen molar-refractivity contribution >= 4 is 36.5 Å². The molecule has 0 radical (unpaired) electrons. The Morgan fingerprint density at radius 2 is 1.75 bits per heavy atom. The first kappa shape index (κ1) is 36.6. The molecule has 3 aromatic carbocycles. The average Bonchev–Trinajstić information content (AvgIpc) is 3.81. The fraction of sp³-hybridized carbons (Fsp3) is 0.350. The maximum atomic E-state index is 15.1. The number of hydrogen-bond acceptors (Lipinski definition) is 8. The minimum atomic E-state index is -2.36. The molecule has 2 aromatic heterocycles. The zero-order valence-electron chi connectivity index (χ0n) is 30.5. The van der Waals surface area contributed by atoms with Crippen molar-refractivity contribution < 1.29 is 24.1 Å². The van der Waals surface area contributed by atoms with Gasteiger partial charge in [-0.3, -0.25) is 18.8 Å². The lowest BCUT2D eigenvalue weighted by atomic mass is 9.82. The number of methoxy groups -OCH3 is 2. The topological polar surface area (TPSA) is 121 Å². The normalized spacial score (nSPS) is 21.0. The SMILES string of the molecule is COc1ccc([Si](C)(C)[C@H]2[C@H](CCn3cc(CCO)nn3)O[C@@]3(C(=O)N(Cc4ccc(-n5cccc(OC)c5=O)cc4)c4ccc(Cl)cc43)[C@@H]2C)cc1. The molecule has 1 amide bonds. The van der Waals surface area contributed by atoms with Gasteiger partial charge in [0.05, 0.1) is 46.3 Å². The first-order valence-electron chi connectivity index (χ1n) is 17.8. The van der Waals surface area contributed by atoms with Gasteiger partial charge in [0.2, 0.25) is 0 Å². The highest BCUT2D eigenvalue weighted by molar-refractivity contribution is 6.91. The molecule has 276 valence electrons. The van der Waals surface area contributed by atoms with Gasteiger partial charge in [-0.2, -0.15) is 0 Å². The molecule has 0 bridgehead atoms. The van der Waals surface area contributed by atoms with Gasteiger partial charge in [0.15, 0.2) is 11.4 Å². The summed E-state index contributed by atoms with van der Waals surface area (Å²) in [5.74, 6) is 0.733. The third kappa shape index (κ3) is 6.47. The molecule has 11 nitrogen and oxygen atoms in total. The summed E-state index contributed by atoms with van der Waals surface area (Å²) in [6, 6.07) is 24.9. The van der Waals surface area contributed by atoms with E-state index in [-0.39, 0.29) is 41.4 Å². The maximum absolute atomic E-state index is 15.1. The van der Waals surface area contributed by atoms with Crippen LogP contribution in [-0.4, -0.2) is 65.6 Å². The number of rotatable bonds is 12. The standard InChI is InChI=1S/C40H44ClN5O6Si/c1-26-37(53(4,5)32-15-13-31(50-2)14-16-32)35(18-21-44-25-29(19-22-47)42-43-44)52-40(26)33-23-28(41)10-17-34(33)46(39(40)49)24-27-8-11-30(12-9-27)45-20-6-7-36(51-3)38(45)48/h6-17,20,23,25-26,35,37,47H,18-19,21-22,24H2,1-5H3/t26-,35+,37-,40+/m1/s1. The zero-order chi connectivity index (χ0) is 37.5. The number of anilines is 1. The van der Waals surface area contributed by atoms with Crippen molar-refractivity contribution in [2.75, 3.05) is 25.7 Å². The molecule has 2 aliphatic rings. The van der Waals surface area contributed by atoms with E-state index >= 15 is 4.79 Å². The summed E-state index contributed by atoms with van der Waals surface area (Å²) in [7, 11) is 0.781. The number of halogens is 1. The molecule has 1 spiro atoms. The number of aliphatic hydroxyl groups is 1. The van der Waals surface area contributed by atoms with Crippen molar-refractivity contribution in [2.24, 2.45) is 5.92 Å². The molecular weight excluding hydrogens is 710 g/mol. The molecule has 7 rings (SSSR count). The van der Waals surface area contributed by atoms with E-state index in [1.165, 1.54) is 16.9 Å². The summed E-state index contributed by atoms with van der Waals surface area (Å²) < 4.78 is 21.3. The minimum Gasteiger partial charge on any atom is -0.497 e. The number of aromatic nitrogens is 4. The van der Waals surface area contributed by atoms with Gasteiger partial charge in [-0.1, -0.05) is 66.3 Å². The molecule has 4 atom stereocenters. The molecule has 13 heteroatoms. The van der Waals surface area contributed by atoms with Gasteiger partial charge in [0.1, 0.15) is 5.75 Å². The van der Waals surface area contributed by atoms with E-state index in [0.29, 0.717) is 36.6 Å². The van der Waals surface area contributed by atoms with E-state index in [1.807, 2.05) is 65.7 Å². The van der Waals surface area contributed by atoms with Gasteiger partial charge in [-0.15, -0.1) is 5.10 Å². The van der Waals surface area contributed by atoms with E-state index in [4.69, 9.17) is 25.8 Å². The lowest BCUT2D eigenvalue weighted by molar-refractivity contribution is -0.146. The Labute approximate surface area is 314 Å². The lowest BCUT2D eigenvalue weighted by Crippen LogP contribution is -2.51. The summed E-state index contributed by atoms with van der Waals surface area (Å²) in [5.41, 5.74) is 2.38. The van der Waals surface area contributed by atoms with Crippen LogP contribution in [0.3, 0.4) is 0 Å². The van der Waals surface area contributed by atoms with Crippen molar-refractivity contribution in [2.45, 2.75) is 63.2 Å². The highest BCUT2D eigenvalue weighted by Crippen LogP contribution is 2.60. The Kier molecular flexibility index (Phi) is 10.1. The first-order valence-corrected chi connectivity index (χ1v) is 21.3. The van der Waals surface area contributed by atoms with Gasteiger partial charge in [0, 0.05) is 54.2 Å². The smallest absolute Gasteiger partial charge is 0.297 e. The highest BCUT2D eigenvalue weighted by Gasteiger charge is 2.66. The number of aryl methyl sites for hydroxylation is 1. The van der Waals surface area contributed by atoms with Crippen LogP contribution in [0.25, 0.3) is 5.69 Å². The number of carbonyl (C=O) groups excluding carboxylic acids is 1. The molecule has 0 aliphatic carbocycles. The Morgan fingerprint density at radius 1 is 1.00 bits per heavy atom. The molecule has 1 N–H and O–H groups in total. The van der Waals surface area contributed by atoms with Gasteiger partial charge >= 0.3 is 0 Å².